The molecule has 6 nitrogen and oxygen atoms in total. The predicted molar refractivity (Wildman–Crippen MR) is 96.2 cm³/mol. The molecule has 0 atom stereocenters. The molecule has 0 saturated heterocycles. The molecule has 26 heavy (non-hydrogen) atoms. The van der Waals surface area contributed by atoms with Crippen LogP contribution in [-0.4, -0.2) is 22.4 Å². The summed E-state index contributed by atoms with van der Waals surface area (Å²) in [4.78, 5) is 11.9. The van der Waals surface area contributed by atoms with Gasteiger partial charge in [-0.2, -0.15) is 10.4 Å². The highest BCUT2D eigenvalue weighted by Crippen LogP contribution is 2.27. The Kier molecular flexibility index (Phi) is 4.99. The Labute approximate surface area is 150 Å². The van der Waals surface area contributed by atoms with E-state index in [0.717, 1.165) is 11.4 Å². The molecule has 1 aromatic carbocycles. The Morgan fingerprint density at radius 1 is 1.31 bits per heavy atom. The Hall–Kier alpha value is -3.59. The van der Waals surface area contributed by atoms with Crippen LogP contribution in [0.5, 0.6) is 0 Å². The molecule has 0 amide bonds. The van der Waals surface area contributed by atoms with E-state index in [9.17, 15) is 10.1 Å². The molecule has 130 valence electrons. The lowest BCUT2D eigenvalue weighted by atomic mass is 10.1. The monoisotopic (exact) mass is 347 g/mol. The number of ether oxygens (including phenoxy) is 1. The van der Waals surface area contributed by atoms with Crippen LogP contribution in [-0.2, 0) is 9.53 Å². The smallest absolute Gasteiger partial charge is 0.348 e. The first kappa shape index (κ1) is 17.2. The molecule has 3 aromatic rings. The topological polar surface area (TPSA) is 81.0 Å². The van der Waals surface area contributed by atoms with Gasteiger partial charge in [0, 0.05) is 11.8 Å². The van der Waals surface area contributed by atoms with Gasteiger partial charge in [0.25, 0.3) is 0 Å². The molecule has 0 saturated carbocycles. The Morgan fingerprint density at radius 3 is 2.69 bits per heavy atom. The molecule has 6 heteroatoms. The van der Waals surface area contributed by atoms with Crippen molar-refractivity contribution in [1.29, 1.82) is 5.26 Å². The van der Waals surface area contributed by atoms with Gasteiger partial charge in [0.1, 0.15) is 23.1 Å². The van der Waals surface area contributed by atoms with E-state index in [0.29, 0.717) is 17.0 Å². The molecular formula is C20H17N3O3. The third-order valence-electron chi connectivity index (χ3n) is 3.65. The number of aromatic nitrogens is 2. The fourth-order valence-electron chi connectivity index (χ4n) is 2.46. The highest BCUT2D eigenvalue weighted by Gasteiger charge is 2.17. The molecule has 0 fully saturated rings. The van der Waals surface area contributed by atoms with Crippen molar-refractivity contribution in [3.8, 4) is 23.2 Å². The van der Waals surface area contributed by atoms with Gasteiger partial charge in [-0.3, -0.25) is 0 Å². The zero-order chi connectivity index (χ0) is 18.5. The fourth-order valence-corrected chi connectivity index (χ4v) is 2.46. The van der Waals surface area contributed by atoms with E-state index in [1.54, 1.807) is 23.9 Å². The molecule has 0 N–H and O–H groups in total. The lowest BCUT2D eigenvalue weighted by Crippen LogP contribution is -2.06. The largest absolute Gasteiger partial charge is 0.462 e. The van der Waals surface area contributed by atoms with Crippen LogP contribution in [0.15, 0.2) is 58.7 Å². The second-order valence-electron chi connectivity index (χ2n) is 5.51. The summed E-state index contributed by atoms with van der Waals surface area (Å²) >= 11 is 0. The summed E-state index contributed by atoms with van der Waals surface area (Å²) in [6.45, 7) is 3.73. The summed E-state index contributed by atoms with van der Waals surface area (Å²) in [5, 5.41) is 13.9. The van der Waals surface area contributed by atoms with E-state index in [4.69, 9.17) is 9.15 Å². The minimum absolute atomic E-state index is 0.0935. The molecule has 2 aromatic heterocycles. The molecule has 3 rings (SSSR count). The zero-order valence-electron chi connectivity index (χ0n) is 14.5. The lowest BCUT2D eigenvalue weighted by Gasteiger charge is -1.99. The van der Waals surface area contributed by atoms with E-state index in [2.05, 4.69) is 5.10 Å². The molecule has 0 radical (unpaired) electrons. The summed E-state index contributed by atoms with van der Waals surface area (Å²) in [5.74, 6) is 0.642. The van der Waals surface area contributed by atoms with Crippen molar-refractivity contribution < 1.29 is 13.9 Å². The second kappa shape index (κ2) is 7.53. The summed E-state index contributed by atoms with van der Waals surface area (Å²) in [7, 11) is 0. The minimum atomic E-state index is -0.663. The summed E-state index contributed by atoms with van der Waals surface area (Å²) < 4.78 is 12.3. The number of carbonyl (C=O) groups excluding carboxylic acids is 1. The third kappa shape index (κ3) is 3.57. The van der Waals surface area contributed by atoms with Crippen molar-refractivity contribution in [2.45, 2.75) is 13.8 Å². The molecule has 2 heterocycles. The number of hydrogen-bond donors (Lipinski definition) is 0. The second-order valence-corrected chi connectivity index (χ2v) is 5.51. The van der Waals surface area contributed by atoms with E-state index in [1.807, 2.05) is 49.4 Å². The fraction of sp³-hybridized carbons (Fsp3) is 0.150. The number of nitriles is 1. The van der Waals surface area contributed by atoms with Crippen molar-refractivity contribution in [2.75, 3.05) is 6.61 Å². The van der Waals surface area contributed by atoms with Gasteiger partial charge in [-0.25, -0.2) is 9.48 Å². The normalized spacial score (nSPS) is 11.2. The Morgan fingerprint density at radius 2 is 2.08 bits per heavy atom. The van der Waals surface area contributed by atoms with Crippen LogP contribution in [0.25, 0.3) is 23.2 Å². The minimum Gasteiger partial charge on any atom is -0.462 e. The number of benzene rings is 1. The van der Waals surface area contributed by atoms with Crippen LogP contribution in [0.1, 0.15) is 18.2 Å². The number of hydrogen-bond acceptors (Lipinski definition) is 5. The molecule has 0 unspecified atom stereocenters. The van der Waals surface area contributed by atoms with Crippen LogP contribution in [0.4, 0.5) is 0 Å². The Balaban J connectivity index is 2.12. The maximum atomic E-state index is 11.9. The van der Waals surface area contributed by atoms with Gasteiger partial charge in [0.15, 0.2) is 5.76 Å². The standard InChI is InChI=1S/C20H17N3O3/c1-3-25-20(24)15(12-21)11-16-13-23(17-7-5-4-6-8-17)22-19(16)18-10-9-14(2)26-18/h4-11,13H,3H2,1-2H3/b15-11-. The highest BCUT2D eigenvalue weighted by molar-refractivity contribution is 5.98. The van der Waals surface area contributed by atoms with Gasteiger partial charge in [-0.1, -0.05) is 18.2 Å². The van der Waals surface area contributed by atoms with Crippen molar-refractivity contribution >= 4 is 12.0 Å². The van der Waals surface area contributed by atoms with Gasteiger partial charge in [0.2, 0.25) is 0 Å². The molecular weight excluding hydrogens is 330 g/mol. The number of nitrogens with zero attached hydrogens (tertiary/aromatic N) is 3. The van der Waals surface area contributed by atoms with Crippen LogP contribution in [0.3, 0.4) is 0 Å². The van der Waals surface area contributed by atoms with Crippen LogP contribution in [0.2, 0.25) is 0 Å². The van der Waals surface area contributed by atoms with E-state index in [1.165, 1.54) is 6.08 Å². The molecule has 0 aliphatic heterocycles. The summed E-state index contributed by atoms with van der Waals surface area (Å²) in [6.07, 6.45) is 3.22. The lowest BCUT2D eigenvalue weighted by molar-refractivity contribution is -0.137. The van der Waals surface area contributed by atoms with Crippen LogP contribution < -0.4 is 0 Å². The first-order valence-corrected chi connectivity index (χ1v) is 8.13. The number of furan rings is 1. The highest BCUT2D eigenvalue weighted by atomic mass is 16.5. The van der Waals surface area contributed by atoms with Crippen molar-refractivity contribution in [1.82, 2.24) is 9.78 Å². The van der Waals surface area contributed by atoms with Crippen LogP contribution >= 0.6 is 0 Å². The van der Waals surface area contributed by atoms with Gasteiger partial charge in [-0.15, -0.1) is 0 Å². The molecule has 0 aliphatic rings. The first-order chi connectivity index (χ1) is 12.6. The number of esters is 1. The molecule has 0 aliphatic carbocycles. The van der Waals surface area contributed by atoms with Gasteiger partial charge < -0.3 is 9.15 Å². The number of carbonyl (C=O) groups is 1. The average molecular weight is 347 g/mol. The zero-order valence-corrected chi connectivity index (χ0v) is 14.5. The molecule has 0 spiro atoms. The van der Waals surface area contributed by atoms with E-state index in [-0.39, 0.29) is 12.2 Å². The number of aryl methyl sites for hydroxylation is 1. The predicted octanol–water partition coefficient (Wildman–Crippen LogP) is 3.91. The maximum absolute atomic E-state index is 11.9. The van der Waals surface area contributed by atoms with E-state index >= 15 is 0 Å². The van der Waals surface area contributed by atoms with Crippen molar-refractivity contribution in [2.24, 2.45) is 0 Å². The van der Waals surface area contributed by atoms with Crippen molar-refractivity contribution in [3.05, 3.63) is 65.6 Å². The SMILES string of the molecule is CCOC(=O)/C(C#N)=C\c1cn(-c2ccccc2)nc1-c1ccc(C)o1. The van der Waals surface area contributed by atoms with E-state index < -0.39 is 5.97 Å². The van der Waals surface area contributed by atoms with Gasteiger partial charge >= 0.3 is 5.97 Å². The maximum Gasteiger partial charge on any atom is 0.348 e. The summed E-state index contributed by atoms with van der Waals surface area (Å²) in [5.41, 5.74) is 1.89. The van der Waals surface area contributed by atoms with Gasteiger partial charge in [0.05, 0.1) is 12.3 Å². The Bertz CT molecular complexity index is 991. The molecule has 0 bridgehead atoms. The third-order valence-corrected chi connectivity index (χ3v) is 3.65. The average Bonchev–Trinajstić information content (AvgIpc) is 3.26. The van der Waals surface area contributed by atoms with Crippen LogP contribution in [0, 0.1) is 18.3 Å². The summed E-state index contributed by atoms with van der Waals surface area (Å²) in [6, 6.07) is 15.1. The first-order valence-electron chi connectivity index (χ1n) is 8.13. The number of para-hydroxylation sites is 1. The number of rotatable bonds is 5. The van der Waals surface area contributed by atoms with Gasteiger partial charge in [-0.05, 0) is 44.2 Å². The van der Waals surface area contributed by atoms with Crippen molar-refractivity contribution in [3.63, 3.8) is 0 Å². The quantitative estimate of drug-likeness (QED) is 0.397.